The van der Waals surface area contributed by atoms with Crippen LogP contribution in [0.25, 0.3) is 0 Å². The van der Waals surface area contributed by atoms with E-state index in [0.717, 1.165) is 0 Å². The fourth-order valence-corrected chi connectivity index (χ4v) is 0.594. The Balaban J connectivity index is 4.04. The molecule has 0 unspecified atom stereocenters. The van der Waals surface area contributed by atoms with Gasteiger partial charge in [-0.25, -0.2) is 0 Å². The molecule has 0 saturated heterocycles. The van der Waals surface area contributed by atoms with Gasteiger partial charge >= 0.3 is 0 Å². The van der Waals surface area contributed by atoms with Crippen molar-refractivity contribution in [3.05, 3.63) is 22.2 Å². The lowest BCUT2D eigenvalue weighted by atomic mass is 10.3. The molecule has 0 radical (unpaired) electrons. The van der Waals surface area contributed by atoms with E-state index >= 15 is 0 Å². The largest absolute Gasteiger partial charge is 0.0836 e. The minimum absolute atomic E-state index is 1.18. The zero-order valence-corrected chi connectivity index (χ0v) is 7.12. The van der Waals surface area contributed by atoms with E-state index in [1.54, 1.807) is 0 Å². The van der Waals surface area contributed by atoms with Crippen LogP contribution in [0.5, 0.6) is 0 Å². The first kappa shape index (κ1) is 7.96. The quantitative estimate of drug-likeness (QED) is 0.536. The maximum absolute atomic E-state index is 3.40. The van der Waals surface area contributed by atoms with Crippen LogP contribution in [-0.4, -0.2) is 0 Å². The fraction of sp³-hybridized carbons (Fsp3) is 0.429. The molecule has 0 heterocycles. The summed E-state index contributed by atoms with van der Waals surface area (Å²) in [5, 5.41) is 0. The Labute approximate surface area is 59.4 Å². The van der Waals surface area contributed by atoms with Crippen LogP contribution in [0.1, 0.15) is 20.8 Å². The van der Waals surface area contributed by atoms with Crippen molar-refractivity contribution in [3.8, 4) is 0 Å². The summed E-state index contributed by atoms with van der Waals surface area (Å²) in [6.45, 7) is 6.11. The smallest absolute Gasteiger partial charge is 0.0158 e. The number of rotatable bonds is 1. The van der Waals surface area contributed by atoms with E-state index < -0.39 is 0 Å². The normalized spacial score (nSPS) is 14.5. The maximum Gasteiger partial charge on any atom is 0.0158 e. The summed E-state index contributed by atoms with van der Waals surface area (Å²) in [7, 11) is 0. The molecule has 0 nitrogen and oxygen atoms in total. The van der Waals surface area contributed by atoms with Gasteiger partial charge in [-0.1, -0.05) is 28.1 Å². The fourth-order valence-electron chi connectivity index (χ4n) is 0.366. The van der Waals surface area contributed by atoms with E-state index in [4.69, 9.17) is 0 Å². The van der Waals surface area contributed by atoms with Crippen molar-refractivity contribution in [2.75, 3.05) is 0 Å². The number of halogens is 1. The Morgan fingerprint density at radius 3 is 1.88 bits per heavy atom. The molecule has 0 N–H and O–H groups in total. The van der Waals surface area contributed by atoms with Gasteiger partial charge in [0.15, 0.2) is 0 Å². The molecule has 1 heteroatoms. The number of hydrogen-bond acceptors (Lipinski definition) is 0. The Kier molecular flexibility index (Phi) is 3.88. The van der Waals surface area contributed by atoms with Crippen molar-refractivity contribution in [1.82, 2.24) is 0 Å². The highest BCUT2D eigenvalue weighted by molar-refractivity contribution is 9.11. The first-order valence-electron chi connectivity index (χ1n) is 2.67. The zero-order valence-electron chi connectivity index (χ0n) is 5.53. The predicted molar refractivity (Wildman–Crippen MR) is 42.1 cm³/mol. The molecule has 8 heavy (non-hydrogen) atoms. The minimum atomic E-state index is 1.18. The average molecular weight is 175 g/mol. The second-order valence-electron chi connectivity index (χ2n) is 1.61. The molecular weight excluding hydrogens is 164 g/mol. The van der Waals surface area contributed by atoms with Gasteiger partial charge in [0.1, 0.15) is 0 Å². The van der Waals surface area contributed by atoms with Gasteiger partial charge in [-0.3, -0.25) is 0 Å². The van der Waals surface area contributed by atoms with E-state index in [1.807, 2.05) is 19.9 Å². The van der Waals surface area contributed by atoms with E-state index in [2.05, 4.69) is 28.9 Å². The van der Waals surface area contributed by atoms with Gasteiger partial charge in [-0.05, 0) is 26.3 Å². The highest BCUT2D eigenvalue weighted by Gasteiger charge is 1.87. The molecule has 0 spiro atoms. The third kappa shape index (κ3) is 2.31. The van der Waals surface area contributed by atoms with Gasteiger partial charge in [0.2, 0.25) is 0 Å². The van der Waals surface area contributed by atoms with Crippen molar-refractivity contribution in [2.45, 2.75) is 20.8 Å². The Bertz CT molecular complexity index is 104. The lowest BCUT2D eigenvalue weighted by Gasteiger charge is -1.92. The summed E-state index contributed by atoms with van der Waals surface area (Å²) in [5.41, 5.74) is 1.28. The van der Waals surface area contributed by atoms with Gasteiger partial charge in [0.25, 0.3) is 0 Å². The zero-order chi connectivity index (χ0) is 6.57. The number of allylic oxidation sites excluding steroid dienone is 4. The van der Waals surface area contributed by atoms with Crippen LogP contribution in [0.15, 0.2) is 22.2 Å². The van der Waals surface area contributed by atoms with Gasteiger partial charge in [0.05, 0.1) is 0 Å². The highest BCUT2D eigenvalue weighted by atomic mass is 79.9. The van der Waals surface area contributed by atoms with E-state index in [9.17, 15) is 0 Å². The third-order valence-corrected chi connectivity index (χ3v) is 2.15. The summed E-state index contributed by atoms with van der Waals surface area (Å²) < 4.78 is 1.18. The molecule has 46 valence electrons. The maximum atomic E-state index is 3.40. The first-order valence-corrected chi connectivity index (χ1v) is 3.46. The van der Waals surface area contributed by atoms with E-state index in [-0.39, 0.29) is 0 Å². The molecule has 0 rings (SSSR count). The van der Waals surface area contributed by atoms with Crippen molar-refractivity contribution >= 4 is 15.9 Å². The van der Waals surface area contributed by atoms with Gasteiger partial charge in [-0.15, -0.1) is 0 Å². The molecule has 0 aromatic rings. The molecular formula is C7H11Br. The van der Waals surface area contributed by atoms with Crippen LogP contribution in [0.2, 0.25) is 0 Å². The SMILES string of the molecule is C/C=C(Br)/C(C)=C/C. The summed E-state index contributed by atoms with van der Waals surface area (Å²) in [6, 6.07) is 0. The van der Waals surface area contributed by atoms with Crippen LogP contribution in [0.3, 0.4) is 0 Å². The lowest BCUT2D eigenvalue weighted by molar-refractivity contribution is 1.45. The van der Waals surface area contributed by atoms with Crippen LogP contribution in [-0.2, 0) is 0 Å². The van der Waals surface area contributed by atoms with E-state index in [0.29, 0.717) is 0 Å². The summed E-state index contributed by atoms with van der Waals surface area (Å²) in [6.07, 6.45) is 4.11. The molecule has 0 aliphatic rings. The Morgan fingerprint density at radius 1 is 1.25 bits per heavy atom. The number of hydrogen-bond donors (Lipinski definition) is 0. The van der Waals surface area contributed by atoms with Gasteiger partial charge < -0.3 is 0 Å². The Morgan fingerprint density at radius 2 is 1.75 bits per heavy atom. The topological polar surface area (TPSA) is 0 Å². The molecule has 0 saturated carbocycles. The average Bonchev–Trinajstić information content (AvgIpc) is 1.84. The molecule has 0 aromatic heterocycles. The second-order valence-corrected chi connectivity index (χ2v) is 2.46. The molecule has 0 aliphatic heterocycles. The monoisotopic (exact) mass is 174 g/mol. The first-order chi connectivity index (χ1) is 3.72. The minimum Gasteiger partial charge on any atom is -0.0836 e. The van der Waals surface area contributed by atoms with Crippen molar-refractivity contribution in [3.63, 3.8) is 0 Å². The third-order valence-electron chi connectivity index (χ3n) is 1.06. The molecule has 0 fully saturated rings. The summed E-state index contributed by atoms with van der Waals surface area (Å²) in [4.78, 5) is 0. The van der Waals surface area contributed by atoms with Crippen molar-refractivity contribution < 1.29 is 0 Å². The molecule has 0 aliphatic carbocycles. The summed E-state index contributed by atoms with van der Waals surface area (Å²) in [5.74, 6) is 0. The van der Waals surface area contributed by atoms with Crippen LogP contribution < -0.4 is 0 Å². The highest BCUT2D eigenvalue weighted by Crippen LogP contribution is 2.14. The second kappa shape index (κ2) is 3.90. The lowest BCUT2D eigenvalue weighted by Crippen LogP contribution is -1.70. The standard InChI is InChI=1S/C7H11Br/c1-4-6(3)7(8)5-2/h4-5H,1-3H3/b6-4+,7-5-. The molecule has 0 amide bonds. The Hall–Kier alpha value is -0.0400. The van der Waals surface area contributed by atoms with Gasteiger partial charge in [0, 0.05) is 4.48 Å². The van der Waals surface area contributed by atoms with E-state index in [1.165, 1.54) is 10.1 Å². The van der Waals surface area contributed by atoms with Crippen LogP contribution >= 0.6 is 15.9 Å². The molecule has 0 aromatic carbocycles. The molecule has 0 atom stereocenters. The summed E-state index contributed by atoms with van der Waals surface area (Å²) >= 11 is 3.40. The van der Waals surface area contributed by atoms with Crippen molar-refractivity contribution in [2.24, 2.45) is 0 Å². The van der Waals surface area contributed by atoms with Crippen LogP contribution in [0.4, 0.5) is 0 Å². The van der Waals surface area contributed by atoms with Crippen LogP contribution in [0, 0.1) is 0 Å². The molecule has 0 bridgehead atoms. The van der Waals surface area contributed by atoms with Crippen molar-refractivity contribution in [1.29, 1.82) is 0 Å². The van der Waals surface area contributed by atoms with Gasteiger partial charge in [-0.2, -0.15) is 0 Å². The predicted octanol–water partition coefficient (Wildman–Crippen LogP) is 3.25.